The average molecular weight is 388 g/mol. The lowest BCUT2D eigenvalue weighted by Crippen LogP contribution is -2.33. The van der Waals surface area contributed by atoms with E-state index < -0.39 is 0 Å². The Morgan fingerprint density at radius 1 is 1.26 bits per heavy atom. The van der Waals surface area contributed by atoms with Crippen molar-refractivity contribution in [2.75, 3.05) is 32.9 Å². The summed E-state index contributed by atoms with van der Waals surface area (Å²) in [5.41, 5.74) is 4.79. The molecule has 0 spiro atoms. The van der Waals surface area contributed by atoms with Crippen molar-refractivity contribution in [1.29, 1.82) is 0 Å². The van der Waals surface area contributed by atoms with Gasteiger partial charge >= 0.3 is 0 Å². The number of benzene rings is 1. The van der Waals surface area contributed by atoms with Crippen molar-refractivity contribution in [2.24, 2.45) is 4.99 Å². The van der Waals surface area contributed by atoms with Crippen LogP contribution < -0.4 is 0 Å². The first-order valence-electron chi connectivity index (χ1n) is 9.69. The largest absolute Gasteiger partial charge is 0.396 e. The van der Waals surface area contributed by atoms with E-state index in [1.54, 1.807) is 11.8 Å². The van der Waals surface area contributed by atoms with Crippen LogP contribution in [-0.2, 0) is 11.3 Å². The lowest BCUT2D eigenvalue weighted by Gasteiger charge is -2.31. The van der Waals surface area contributed by atoms with Crippen LogP contribution in [0.15, 0.2) is 28.2 Å². The van der Waals surface area contributed by atoms with E-state index in [-0.39, 0.29) is 6.61 Å². The van der Waals surface area contributed by atoms with Crippen molar-refractivity contribution in [1.82, 2.24) is 9.88 Å². The van der Waals surface area contributed by atoms with Crippen molar-refractivity contribution in [3.05, 3.63) is 34.9 Å². The molecule has 1 N–H and O–H groups in total. The number of aromatic nitrogens is 1. The Balaban J connectivity index is 1.86. The predicted molar refractivity (Wildman–Crippen MR) is 113 cm³/mol. The van der Waals surface area contributed by atoms with Crippen molar-refractivity contribution in [3.63, 3.8) is 0 Å². The number of hydrogen-bond donors (Lipinski definition) is 1. The fourth-order valence-corrected chi connectivity index (χ4v) is 4.36. The molecule has 5 nitrogen and oxygen atoms in total. The minimum absolute atomic E-state index is 0.194. The maximum atomic E-state index is 9.25. The molecule has 2 aromatic rings. The third-order valence-electron chi connectivity index (χ3n) is 4.60. The highest BCUT2D eigenvalue weighted by atomic mass is 32.2. The number of aliphatic hydroxyl groups excluding tert-OH is 1. The molecule has 1 aromatic heterocycles. The van der Waals surface area contributed by atoms with Crippen LogP contribution in [0.3, 0.4) is 0 Å². The first kappa shape index (κ1) is 20.1. The van der Waals surface area contributed by atoms with Crippen molar-refractivity contribution < 1.29 is 9.84 Å². The van der Waals surface area contributed by atoms with Crippen LogP contribution in [-0.4, -0.2) is 53.1 Å². The zero-order valence-electron chi connectivity index (χ0n) is 16.5. The third kappa shape index (κ3) is 5.00. The molecule has 3 rings (SSSR count). The van der Waals surface area contributed by atoms with Crippen LogP contribution in [0.2, 0.25) is 0 Å². The van der Waals surface area contributed by atoms with Gasteiger partial charge in [-0.3, -0.25) is 4.99 Å². The monoisotopic (exact) mass is 387 g/mol. The second-order valence-corrected chi connectivity index (χ2v) is 7.88. The Kier molecular flexibility index (Phi) is 7.10. The number of nitrogens with zero attached hydrogens (tertiary/aromatic N) is 3. The van der Waals surface area contributed by atoms with Gasteiger partial charge in [0, 0.05) is 50.4 Å². The fraction of sp³-hybridized carbons (Fsp3) is 0.524. The topological polar surface area (TPSA) is 58.0 Å². The standard InChI is InChI=1S/C21H29N3O2S/c1-4-26-10-5-7-22-21-24(8-6-9-25)14-18-13-17-12-15(2)11-16(3)19(17)23-20(18)27-21/h11-13,25H,4-10,14H2,1-3H3. The summed E-state index contributed by atoms with van der Waals surface area (Å²) in [4.78, 5) is 12.0. The number of aliphatic hydroxyl groups is 1. The highest BCUT2D eigenvalue weighted by molar-refractivity contribution is 8.13. The summed E-state index contributed by atoms with van der Waals surface area (Å²) in [5, 5.41) is 12.5. The fourth-order valence-electron chi connectivity index (χ4n) is 3.36. The van der Waals surface area contributed by atoms with Crippen molar-refractivity contribution in [3.8, 4) is 0 Å². The van der Waals surface area contributed by atoms with E-state index in [4.69, 9.17) is 14.7 Å². The molecule has 0 radical (unpaired) electrons. The molecule has 0 unspecified atom stereocenters. The molecule has 1 aromatic carbocycles. The number of amidine groups is 1. The molecule has 0 aliphatic carbocycles. The summed E-state index contributed by atoms with van der Waals surface area (Å²) in [6, 6.07) is 6.66. The van der Waals surface area contributed by atoms with Gasteiger partial charge in [0.2, 0.25) is 0 Å². The van der Waals surface area contributed by atoms with Crippen LogP contribution in [0.1, 0.15) is 36.5 Å². The SMILES string of the molecule is CCOCCCN=C1Sc2nc3c(C)cc(C)cc3cc2CN1CCCO. The van der Waals surface area contributed by atoms with Crippen LogP contribution >= 0.6 is 11.8 Å². The van der Waals surface area contributed by atoms with Gasteiger partial charge in [0.25, 0.3) is 0 Å². The molecule has 0 atom stereocenters. The lowest BCUT2D eigenvalue weighted by atomic mass is 10.1. The third-order valence-corrected chi connectivity index (χ3v) is 5.71. The zero-order valence-corrected chi connectivity index (χ0v) is 17.3. The Morgan fingerprint density at radius 2 is 2.11 bits per heavy atom. The number of ether oxygens (including phenoxy) is 1. The van der Waals surface area contributed by atoms with Gasteiger partial charge < -0.3 is 14.7 Å². The Morgan fingerprint density at radius 3 is 2.89 bits per heavy atom. The number of aliphatic imine (C=N–C) groups is 1. The van der Waals surface area contributed by atoms with Gasteiger partial charge in [0.05, 0.1) is 5.52 Å². The highest BCUT2D eigenvalue weighted by Gasteiger charge is 2.24. The second kappa shape index (κ2) is 9.53. The average Bonchev–Trinajstić information content (AvgIpc) is 2.64. The van der Waals surface area contributed by atoms with Crippen LogP contribution in [0.5, 0.6) is 0 Å². The summed E-state index contributed by atoms with van der Waals surface area (Å²) in [6.45, 7) is 10.3. The van der Waals surface area contributed by atoms with Gasteiger partial charge in [-0.2, -0.15) is 0 Å². The van der Waals surface area contributed by atoms with E-state index in [0.29, 0.717) is 0 Å². The minimum atomic E-state index is 0.194. The molecule has 146 valence electrons. The van der Waals surface area contributed by atoms with E-state index in [1.807, 2.05) is 6.92 Å². The molecule has 0 amide bonds. The Hall–Kier alpha value is -1.63. The number of hydrogen-bond acceptors (Lipinski definition) is 5. The maximum Gasteiger partial charge on any atom is 0.165 e. The number of aryl methyl sites for hydroxylation is 2. The van der Waals surface area contributed by atoms with Gasteiger partial charge in [0.15, 0.2) is 5.17 Å². The summed E-state index contributed by atoms with van der Waals surface area (Å²) in [5.74, 6) is 0. The highest BCUT2D eigenvalue weighted by Crippen LogP contribution is 2.34. The summed E-state index contributed by atoms with van der Waals surface area (Å²) < 4.78 is 5.41. The molecule has 0 saturated heterocycles. The number of pyridine rings is 1. The molecule has 27 heavy (non-hydrogen) atoms. The second-order valence-electron chi connectivity index (χ2n) is 6.92. The zero-order chi connectivity index (χ0) is 19.2. The maximum absolute atomic E-state index is 9.25. The molecule has 2 heterocycles. The van der Waals surface area contributed by atoms with Gasteiger partial charge in [-0.25, -0.2) is 4.98 Å². The molecule has 0 saturated carbocycles. The summed E-state index contributed by atoms with van der Waals surface area (Å²) in [7, 11) is 0. The minimum Gasteiger partial charge on any atom is -0.396 e. The van der Waals surface area contributed by atoms with E-state index in [9.17, 15) is 5.11 Å². The van der Waals surface area contributed by atoms with E-state index in [0.717, 1.165) is 61.4 Å². The van der Waals surface area contributed by atoms with Gasteiger partial charge in [-0.15, -0.1) is 0 Å². The lowest BCUT2D eigenvalue weighted by molar-refractivity contribution is 0.146. The molecule has 1 aliphatic heterocycles. The molecular formula is C21H29N3O2S. The first-order valence-corrected chi connectivity index (χ1v) is 10.5. The number of rotatable bonds is 8. The predicted octanol–water partition coefficient (Wildman–Crippen LogP) is 3.92. The number of thioether (sulfide) groups is 1. The van der Waals surface area contributed by atoms with Crippen LogP contribution in [0.4, 0.5) is 0 Å². The summed E-state index contributed by atoms with van der Waals surface area (Å²) in [6.07, 6.45) is 1.66. The van der Waals surface area contributed by atoms with E-state index in [2.05, 4.69) is 36.9 Å². The Bertz CT molecular complexity index is 823. The van der Waals surface area contributed by atoms with Gasteiger partial charge in [-0.1, -0.05) is 11.6 Å². The van der Waals surface area contributed by atoms with Gasteiger partial charge in [0.1, 0.15) is 5.03 Å². The number of fused-ring (bicyclic) bond motifs is 2. The summed E-state index contributed by atoms with van der Waals surface area (Å²) >= 11 is 1.65. The van der Waals surface area contributed by atoms with Crippen LogP contribution in [0, 0.1) is 13.8 Å². The van der Waals surface area contributed by atoms with E-state index >= 15 is 0 Å². The first-order chi connectivity index (χ1) is 13.1. The Labute approximate surface area is 165 Å². The van der Waals surface area contributed by atoms with Crippen LogP contribution in [0.25, 0.3) is 10.9 Å². The molecule has 1 aliphatic rings. The molecule has 0 fully saturated rings. The molecular weight excluding hydrogens is 358 g/mol. The molecule has 6 heteroatoms. The van der Waals surface area contributed by atoms with Crippen molar-refractivity contribution >= 4 is 27.8 Å². The van der Waals surface area contributed by atoms with E-state index in [1.165, 1.54) is 22.1 Å². The van der Waals surface area contributed by atoms with Gasteiger partial charge in [-0.05, 0) is 63.1 Å². The normalized spacial score (nSPS) is 15.6. The van der Waals surface area contributed by atoms with Crippen molar-refractivity contribution in [2.45, 2.75) is 45.2 Å². The molecule has 0 bridgehead atoms. The smallest absolute Gasteiger partial charge is 0.165 e. The quantitative estimate of drug-likeness (QED) is 0.696.